The van der Waals surface area contributed by atoms with Crippen molar-refractivity contribution in [2.75, 3.05) is 18.8 Å². The number of carbonyl (C=O) groups excluding carboxylic acids is 1. The van der Waals surface area contributed by atoms with E-state index in [2.05, 4.69) is 10.6 Å². The Bertz CT molecular complexity index is 529. The number of nitrogens with two attached hydrogens (primary N) is 1. The van der Waals surface area contributed by atoms with Crippen LogP contribution >= 0.6 is 0 Å². The van der Waals surface area contributed by atoms with Crippen LogP contribution in [0.5, 0.6) is 0 Å². The van der Waals surface area contributed by atoms with E-state index in [1.165, 1.54) is 0 Å². The van der Waals surface area contributed by atoms with E-state index in [0.717, 1.165) is 19.0 Å². The SMILES string of the molecule is Nc1c(C(=O)NC2CCNC2)cc(F)cc1[N+](=O)[O-]. The Hall–Kier alpha value is -2.22. The lowest BCUT2D eigenvalue weighted by molar-refractivity contribution is -0.384. The second kappa shape index (κ2) is 5.19. The van der Waals surface area contributed by atoms with Crippen LogP contribution < -0.4 is 16.4 Å². The fourth-order valence-corrected chi connectivity index (χ4v) is 1.98. The lowest BCUT2D eigenvalue weighted by Crippen LogP contribution is -2.36. The minimum absolute atomic E-state index is 0.0748. The van der Waals surface area contributed by atoms with Crippen molar-refractivity contribution in [3.8, 4) is 0 Å². The highest BCUT2D eigenvalue weighted by atomic mass is 19.1. The van der Waals surface area contributed by atoms with Gasteiger partial charge in [-0.25, -0.2) is 4.39 Å². The molecule has 1 saturated heterocycles. The molecule has 1 unspecified atom stereocenters. The van der Waals surface area contributed by atoms with Crippen molar-refractivity contribution >= 4 is 17.3 Å². The maximum Gasteiger partial charge on any atom is 0.295 e. The Morgan fingerprint density at radius 3 is 2.89 bits per heavy atom. The first kappa shape index (κ1) is 13.2. The van der Waals surface area contributed by atoms with Gasteiger partial charge in [-0.2, -0.15) is 0 Å². The molecule has 0 radical (unpaired) electrons. The van der Waals surface area contributed by atoms with E-state index in [-0.39, 0.29) is 17.3 Å². The van der Waals surface area contributed by atoms with E-state index in [1.807, 2.05) is 0 Å². The molecule has 7 nitrogen and oxygen atoms in total. The first-order valence-electron chi connectivity index (χ1n) is 5.74. The molecule has 4 N–H and O–H groups in total. The van der Waals surface area contributed by atoms with Gasteiger partial charge in [-0.05, 0) is 19.0 Å². The number of nitrogens with zero attached hydrogens (tertiary/aromatic N) is 1. The molecule has 19 heavy (non-hydrogen) atoms. The summed E-state index contributed by atoms with van der Waals surface area (Å²) >= 11 is 0. The number of nitrogens with one attached hydrogen (secondary N) is 2. The molecule has 0 aliphatic carbocycles. The zero-order valence-corrected chi connectivity index (χ0v) is 9.98. The minimum Gasteiger partial charge on any atom is -0.393 e. The van der Waals surface area contributed by atoms with E-state index in [1.54, 1.807) is 0 Å². The minimum atomic E-state index is -0.865. The van der Waals surface area contributed by atoms with Gasteiger partial charge in [-0.15, -0.1) is 0 Å². The van der Waals surface area contributed by atoms with Crippen molar-refractivity contribution in [1.29, 1.82) is 0 Å². The van der Waals surface area contributed by atoms with Crippen LogP contribution in [0.25, 0.3) is 0 Å². The zero-order valence-electron chi connectivity index (χ0n) is 9.98. The van der Waals surface area contributed by atoms with Crippen LogP contribution in [-0.4, -0.2) is 30.0 Å². The topological polar surface area (TPSA) is 110 Å². The molecule has 1 atom stereocenters. The number of anilines is 1. The maximum atomic E-state index is 13.3. The van der Waals surface area contributed by atoms with E-state index in [0.29, 0.717) is 12.6 Å². The predicted octanol–water partition coefficient (Wildman–Crippen LogP) is 0.408. The van der Waals surface area contributed by atoms with Crippen LogP contribution in [0, 0.1) is 15.9 Å². The van der Waals surface area contributed by atoms with E-state index in [9.17, 15) is 19.3 Å². The fourth-order valence-electron chi connectivity index (χ4n) is 1.98. The fraction of sp³-hybridized carbons (Fsp3) is 0.364. The highest BCUT2D eigenvalue weighted by molar-refractivity contribution is 6.01. The lowest BCUT2D eigenvalue weighted by Gasteiger charge is -2.12. The summed E-state index contributed by atoms with van der Waals surface area (Å²) in [6.07, 6.45) is 0.753. The quantitative estimate of drug-likeness (QED) is 0.417. The molecular formula is C11H13FN4O3. The third-order valence-electron chi connectivity index (χ3n) is 2.96. The average molecular weight is 268 g/mol. The summed E-state index contributed by atoms with van der Waals surface area (Å²) in [6, 6.07) is 1.53. The molecule has 0 aromatic heterocycles. The second-order valence-corrected chi connectivity index (χ2v) is 4.31. The summed E-state index contributed by atoms with van der Waals surface area (Å²) < 4.78 is 13.3. The molecule has 1 aromatic rings. The van der Waals surface area contributed by atoms with Gasteiger partial charge in [0.25, 0.3) is 11.6 Å². The highest BCUT2D eigenvalue weighted by Gasteiger charge is 2.24. The van der Waals surface area contributed by atoms with Crippen molar-refractivity contribution in [2.24, 2.45) is 0 Å². The monoisotopic (exact) mass is 268 g/mol. The summed E-state index contributed by atoms with van der Waals surface area (Å²) in [4.78, 5) is 21.8. The lowest BCUT2D eigenvalue weighted by atomic mass is 10.1. The van der Waals surface area contributed by atoms with Gasteiger partial charge >= 0.3 is 0 Å². The van der Waals surface area contributed by atoms with Gasteiger partial charge in [0.1, 0.15) is 11.5 Å². The molecule has 0 saturated carbocycles. The largest absolute Gasteiger partial charge is 0.393 e. The van der Waals surface area contributed by atoms with Crippen LogP contribution in [0.1, 0.15) is 16.8 Å². The van der Waals surface area contributed by atoms with Crippen molar-refractivity contribution < 1.29 is 14.1 Å². The van der Waals surface area contributed by atoms with Crippen molar-refractivity contribution in [2.45, 2.75) is 12.5 Å². The molecule has 1 fully saturated rings. The molecule has 1 amide bonds. The molecule has 2 rings (SSSR count). The number of hydrogen-bond acceptors (Lipinski definition) is 5. The number of nitro groups is 1. The van der Waals surface area contributed by atoms with Gasteiger partial charge < -0.3 is 16.4 Å². The number of halogens is 1. The average Bonchev–Trinajstić information content (AvgIpc) is 2.84. The van der Waals surface area contributed by atoms with Crippen molar-refractivity contribution in [3.05, 3.63) is 33.6 Å². The Kier molecular flexibility index (Phi) is 3.61. The summed E-state index contributed by atoms with van der Waals surface area (Å²) in [5.41, 5.74) is 4.41. The van der Waals surface area contributed by atoms with Gasteiger partial charge in [0.15, 0.2) is 0 Å². The van der Waals surface area contributed by atoms with Crippen LogP contribution in [0.15, 0.2) is 12.1 Å². The number of carbonyl (C=O) groups is 1. The third-order valence-corrected chi connectivity index (χ3v) is 2.96. The van der Waals surface area contributed by atoms with E-state index < -0.39 is 22.3 Å². The van der Waals surface area contributed by atoms with Gasteiger partial charge in [0, 0.05) is 12.6 Å². The van der Waals surface area contributed by atoms with Crippen LogP contribution in [0.4, 0.5) is 15.8 Å². The normalized spacial score (nSPS) is 18.3. The molecule has 1 aromatic carbocycles. The molecule has 102 valence electrons. The van der Waals surface area contributed by atoms with E-state index in [4.69, 9.17) is 5.73 Å². The Labute approximate surface area is 108 Å². The van der Waals surface area contributed by atoms with Gasteiger partial charge in [0.2, 0.25) is 0 Å². The number of rotatable bonds is 3. The first-order valence-corrected chi connectivity index (χ1v) is 5.74. The van der Waals surface area contributed by atoms with Gasteiger partial charge in [-0.1, -0.05) is 0 Å². The zero-order chi connectivity index (χ0) is 14.0. The summed E-state index contributed by atoms with van der Waals surface area (Å²) in [7, 11) is 0. The number of hydrogen-bond donors (Lipinski definition) is 3. The molecular weight excluding hydrogens is 255 g/mol. The number of benzene rings is 1. The van der Waals surface area contributed by atoms with Crippen LogP contribution in [0.2, 0.25) is 0 Å². The molecule has 1 aliphatic heterocycles. The Morgan fingerprint density at radius 1 is 1.58 bits per heavy atom. The number of nitro benzene ring substituents is 1. The molecule has 1 heterocycles. The molecule has 8 heteroatoms. The van der Waals surface area contributed by atoms with Crippen molar-refractivity contribution in [3.63, 3.8) is 0 Å². The predicted molar refractivity (Wildman–Crippen MR) is 66.2 cm³/mol. The van der Waals surface area contributed by atoms with Crippen LogP contribution in [-0.2, 0) is 0 Å². The summed E-state index contributed by atoms with van der Waals surface area (Å²) in [5, 5.41) is 16.4. The molecule has 0 spiro atoms. The molecule has 1 aliphatic rings. The van der Waals surface area contributed by atoms with E-state index >= 15 is 0 Å². The Morgan fingerprint density at radius 2 is 2.32 bits per heavy atom. The van der Waals surface area contributed by atoms with Gasteiger partial charge in [-0.3, -0.25) is 14.9 Å². The number of nitrogen functional groups attached to an aromatic ring is 1. The third kappa shape index (κ3) is 2.79. The standard InChI is InChI=1S/C11H13FN4O3/c12-6-3-8(10(13)9(4-6)16(18)19)11(17)15-7-1-2-14-5-7/h3-4,7,14H,1-2,5,13H2,(H,15,17). The van der Waals surface area contributed by atoms with Crippen LogP contribution in [0.3, 0.4) is 0 Å². The highest BCUT2D eigenvalue weighted by Crippen LogP contribution is 2.26. The van der Waals surface area contributed by atoms with Crippen molar-refractivity contribution in [1.82, 2.24) is 10.6 Å². The number of amides is 1. The first-order chi connectivity index (χ1) is 8.99. The van der Waals surface area contributed by atoms with Gasteiger partial charge in [0.05, 0.1) is 16.6 Å². The summed E-state index contributed by atoms with van der Waals surface area (Å²) in [6.45, 7) is 1.40. The summed E-state index contributed by atoms with van der Waals surface area (Å²) in [5.74, 6) is -1.47. The smallest absolute Gasteiger partial charge is 0.295 e. The maximum absolute atomic E-state index is 13.3. The Balaban J connectivity index is 2.27. The molecule has 0 bridgehead atoms. The second-order valence-electron chi connectivity index (χ2n) is 4.31.